The number of hydrogen-bond donors (Lipinski definition) is 1. The second kappa shape index (κ2) is 9.31. The average molecular weight is 391 g/mol. The van der Waals surface area contributed by atoms with Crippen LogP contribution in [0.4, 0.5) is 0 Å². The molecule has 2 aromatic rings. The third kappa shape index (κ3) is 4.49. The molecule has 1 heterocycles. The van der Waals surface area contributed by atoms with Gasteiger partial charge in [0.1, 0.15) is 5.75 Å². The first-order valence-corrected chi connectivity index (χ1v) is 9.56. The van der Waals surface area contributed by atoms with Crippen LogP contribution in [0.5, 0.6) is 17.2 Å². The van der Waals surface area contributed by atoms with Gasteiger partial charge in [-0.2, -0.15) is 0 Å². The normalized spacial score (nSPS) is 16.4. The van der Waals surface area contributed by atoms with Gasteiger partial charge in [-0.1, -0.05) is 23.7 Å². The van der Waals surface area contributed by atoms with Crippen molar-refractivity contribution in [1.29, 1.82) is 0 Å². The first-order valence-electron chi connectivity index (χ1n) is 9.18. The molecule has 1 atom stereocenters. The van der Waals surface area contributed by atoms with Crippen LogP contribution < -0.4 is 19.5 Å². The van der Waals surface area contributed by atoms with Crippen molar-refractivity contribution in [3.05, 3.63) is 52.5 Å². The number of benzene rings is 2. The van der Waals surface area contributed by atoms with Gasteiger partial charge in [-0.15, -0.1) is 0 Å². The molecule has 0 radical (unpaired) electrons. The minimum atomic E-state index is 0.0388. The number of halogens is 1. The Balaban J connectivity index is 2.12. The van der Waals surface area contributed by atoms with Gasteiger partial charge in [-0.25, -0.2) is 0 Å². The van der Waals surface area contributed by atoms with Crippen molar-refractivity contribution in [2.24, 2.45) is 0 Å². The highest BCUT2D eigenvalue weighted by atomic mass is 35.5. The van der Waals surface area contributed by atoms with Crippen LogP contribution in [0, 0.1) is 0 Å². The van der Waals surface area contributed by atoms with Crippen molar-refractivity contribution < 1.29 is 14.2 Å². The van der Waals surface area contributed by atoms with E-state index in [2.05, 4.69) is 22.3 Å². The third-order valence-corrected chi connectivity index (χ3v) is 5.21. The number of rotatable bonds is 6. The van der Waals surface area contributed by atoms with E-state index in [-0.39, 0.29) is 6.04 Å². The summed E-state index contributed by atoms with van der Waals surface area (Å²) in [6, 6.07) is 12.0. The van der Waals surface area contributed by atoms with Gasteiger partial charge in [0.15, 0.2) is 11.5 Å². The molecule has 0 amide bonds. The lowest BCUT2D eigenvalue weighted by atomic mass is 9.95. The quantitative estimate of drug-likeness (QED) is 0.813. The van der Waals surface area contributed by atoms with Gasteiger partial charge in [0.05, 0.1) is 27.4 Å². The molecule has 0 bridgehead atoms. The Bertz CT molecular complexity index is 744. The van der Waals surface area contributed by atoms with E-state index in [1.54, 1.807) is 21.3 Å². The fraction of sp³-hybridized carbons (Fsp3) is 0.429. The Morgan fingerprint density at radius 1 is 0.889 bits per heavy atom. The summed E-state index contributed by atoms with van der Waals surface area (Å²) < 4.78 is 16.7. The maximum Gasteiger partial charge on any atom is 0.164 e. The van der Waals surface area contributed by atoms with Crippen LogP contribution in [-0.4, -0.2) is 52.4 Å². The number of hydrogen-bond acceptors (Lipinski definition) is 5. The minimum absolute atomic E-state index is 0.0388. The molecule has 0 spiro atoms. The minimum Gasteiger partial charge on any atom is -0.496 e. The molecule has 27 heavy (non-hydrogen) atoms. The summed E-state index contributed by atoms with van der Waals surface area (Å²) in [5, 5.41) is 4.21. The van der Waals surface area contributed by atoms with Crippen LogP contribution in [0.2, 0.25) is 5.02 Å². The second-order valence-corrected chi connectivity index (χ2v) is 6.98. The van der Waals surface area contributed by atoms with E-state index in [0.29, 0.717) is 11.5 Å². The van der Waals surface area contributed by atoms with Gasteiger partial charge in [-0.05, 0) is 36.7 Å². The Labute approximate surface area is 166 Å². The second-order valence-electron chi connectivity index (χ2n) is 6.54. The molecule has 5 nitrogen and oxygen atoms in total. The molecule has 0 aliphatic carbocycles. The third-order valence-electron chi connectivity index (χ3n) is 4.96. The highest BCUT2D eigenvalue weighted by Gasteiger charge is 2.27. The van der Waals surface area contributed by atoms with Crippen molar-refractivity contribution in [2.45, 2.75) is 12.5 Å². The van der Waals surface area contributed by atoms with Crippen LogP contribution in [0.3, 0.4) is 0 Å². The Morgan fingerprint density at radius 3 is 2.22 bits per heavy atom. The van der Waals surface area contributed by atoms with Crippen LogP contribution >= 0.6 is 11.6 Å². The molecule has 1 N–H and O–H groups in total. The van der Waals surface area contributed by atoms with E-state index < -0.39 is 0 Å². The first-order chi connectivity index (χ1) is 13.2. The molecule has 3 rings (SSSR count). The molecule has 1 saturated heterocycles. The number of methoxy groups -OCH3 is 3. The Hall–Kier alpha value is -1.95. The molecule has 0 aromatic heterocycles. The Morgan fingerprint density at radius 2 is 1.56 bits per heavy atom. The molecular weight excluding hydrogens is 364 g/mol. The monoisotopic (exact) mass is 390 g/mol. The van der Waals surface area contributed by atoms with Crippen LogP contribution in [0.25, 0.3) is 0 Å². The number of ether oxygens (including phenoxy) is 3. The maximum absolute atomic E-state index is 6.14. The zero-order valence-electron chi connectivity index (χ0n) is 16.1. The highest BCUT2D eigenvalue weighted by Crippen LogP contribution is 2.42. The molecule has 2 aromatic carbocycles. The van der Waals surface area contributed by atoms with Gasteiger partial charge in [-0.3, -0.25) is 4.90 Å². The van der Waals surface area contributed by atoms with Crippen molar-refractivity contribution in [3.8, 4) is 17.2 Å². The van der Waals surface area contributed by atoms with E-state index in [1.807, 2.05) is 24.3 Å². The average Bonchev–Trinajstić information content (AvgIpc) is 2.98. The van der Waals surface area contributed by atoms with Crippen molar-refractivity contribution in [3.63, 3.8) is 0 Å². The summed E-state index contributed by atoms with van der Waals surface area (Å²) in [6.07, 6.45) is 1.10. The largest absolute Gasteiger partial charge is 0.496 e. The molecule has 1 aliphatic rings. The molecule has 1 unspecified atom stereocenters. The summed E-state index contributed by atoms with van der Waals surface area (Å²) in [6.45, 7) is 3.94. The topological polar surface area (TPSA) is 43.0 Å². The predicted molar refractivity (Wildman–Crippen MR) is 108 cm³/mol. The highest BCUT2D eigenvalue weighted by molar-refractivity contribution is 6.30. The lowest BCUT2D eigenvalue weighted by Gasteiger charge is -2.32. The van der Waals surface area contributed by atoms with Crippen LogP contribution in [0.1, 0.15) is 23.6 Å². The van der Waals surface area contributed by atoms with Crippen LogP contribution in [0.15, 0.2) is 36.4 Å². The van der Waals surface area contributed by atoms with Gasteiger partial charge in [0.2, 0.25) is 0 Å². The SMILES string of the molecule is COc1cc(OC)c(C(c2ccc(Cl)cc2)N2CCCNCC2)cc1OC. The van der Waals surface area contributed by atoms with Crippen molar-refractivity contribution in [1.82, 2.24) is 10.2 Å². The standard InChI is InChI=1S/C21H27ClN2O3/c1-25-18-14-20(27-3)19(26-2)13-17(18)21(15-5-7-16(22)8-6-15)24-11-4-9-23-10-12-24/h5-8,13-14,21,23H,4,9-12H2,1-3H3. The van der Waals surface area contributed by atoms with Crippen molar-refractivity contribution in [2.75, 3.05) is 47.5 Å². The molecular formula is C21H27ClN2O3. The summed E-state index contributed by atoms with van der Waals surface area (Å²) in [7, 11) is 4.98. The van der Waals surface area contributed by atoms with Gasteiger partial charge >= 0.3 is 0 Å². The first kappa shape index (κ1) is 19.8. The van der Waals surface area contributed by atoms with E-state index in [0.717, 1.165) is 48.9 Å². The summed E-state index contributed by atoms with van der Waals surface area (Å²) in [5.41, 5.74) is 2.23. The Kier molecular flexibility index (Phi) is 6.83. The lowest BCUT2D eigenvalue weighted by molar-refractivity contribution is 0.235. The zero-order valence-corrected chi connectivity index (χ0v) is 16.9. The molecule has 1 fully saturated rings. The van der Waals surface area contributed by atoms with E-state index in [1.165, 1.54) is 5.56 Å². The molecule has 146 valence electrons. The number of nitrogens with zero attached hydrogens (tertiary/aromatic N) is 1. The fourth-order valence-electron chi connectivity index (χ4n) is 3.62. The lowest BCUT2D eigenvalue weighted by Crippen LogP contribution is -2.33. The molecule has 6 heteroatoms. The zero-order chi connectivity index (χ0) is 19.2. The van der Waals surface area contributed by atoms with Crippen molar-refractivity contribution >= 4 is 11.6 Å². The van der Waals surface area contributed by atoms with Gasteiger partial charge in [0.25, 0.3) is 0 Å². The number of nitrogens with one attached hydrogen (secondary N) is 1. The molecule has 1 aliphatic heterocycles. The van der Waals surface area contributed by atoms with Gasteiger partial charge < -0.3 is 19.5 Å². The van der Waals surface area contributed by atoms with Crippen LogP contribution in [-0.2, 0) is 0 Å². The van der Waals surface area contributed by atoms with Gasteiger partial charge in [0, 0.05) is 36.3 Å². The summed E-state index contributed by atoms with van der Waals surface area (Å²) in [5.74, 6) is 2.13. The smallest absolute Gasteiger partial charge is 0.164 e. The predicted octanol–water partition coefficient (Wildman–Crippen LogP) is 3.75. The maximum atomic E-state index is 6.14. The van der Waals surface area contributed by atoms with E-state index >= 15 is 0 Å². The summed E-state index contributed by atoms with van der Waals surface area (Å²) in [4.78, 5) is 2.48. The molecule has 0 saturated carbocycles. The summed E-state index contributed by atoms with van der Waals surface area (Å²) >= 11 is 6.14. The van der Waals surface area contributed by atoms with E-state index in [9.17, 15) is 0 Å². The fourth-order valence-corrected chi connectivity index (χ4v) is 3.75. The van der Waals surface area contributed by atoms with E-state index in [4.69, 9.17) is 25.8 Å².